The average molecular weight is 278 g/mol. The SMILES string of the molecule is NC(=O)OC(Cc1ccccc1)CS(=O)(=O)Cl. The summed E-state index contributed by atoms with van der Waals surface area (Å²) in [5, 5.41) is 0. The maximum Gasteiger partial charge on any atom is 0.404 e. The molecule has 0 aliphatic rings. The van der Waals surface area contributed by atoms with Crippen molar-refractivity contribution in [3.8, 4) is 0 Å². The highest BCUT2D eigenvalue weighted by atomic mass is 35.7. The molecule has 5 nitrogen and oxygen atoms in total. The van der Waals surface area contributed by atoms with Gasteiger partial charge in [-0.15, -0.1) is 0 Å². The summed E-state index contributed by atoms with van der Waals surface area (Å²) in [6.07, 6.45) is -1.65. The number of nitrogens with two attached hydrogens (primary N) is 1. The van der Waals surface area contributed by atoms with Crippen LogP contribution >= 0.6 is 10.7 Å². The second-order valence-electron chi connectivity index (χ2n) is 3.45. The quantitative estimate of drug-likeness (QED) is 0.821. The van der Waals surface area contributed by atoms with Crippen molar-refractivity contribution in [3.63, 3.8) is 0 Å². The van der Waals surface area contributed by atoms with E-state index in [9.17, 15) is 13.2 Å². The predicted molar refractivity (Wildman–Crippen MR) is 64.2 cm³/mol. The van der Waals surface area contributed by atoms with Gasteiger partial charge in [-0.3, -0.25) is 0 Å². The summed E-state index contributed by atoms with van der Waals surface area (Å²) in [7, 11) is 1.37. The number of hydrogen-bond donors (Lipinski definition) is 1. The molecule has 2 N–H and O–H groups in total. The van der Waals surface area contributed by atoms with Crippen LogP contribution in [0.1, 0.15) is 5.56 Å². The van der Waals surface area contributed by atoms with Crippen LogP contribution in [0.5, 0.6) is 0 Å². The minimum absolute atomic E-state index is 0.246. The van der Waals surface area contributed by atoms with Gasteiger partial charge in [0.15, 0.2) is 0 Å². The molecule has 0 radical (unpaired) electrons. The Morgan fingerprint density at radius 1 is 1.35 bits per heavy atom. The fourth-order valence-corrected chi connectivity index (χ4v) is 2.45. The summed E-state index contributed by atoms with van der Waals surface area (Å²) in [5.74, 6) is -0.466. The lowest BCUT2D eigenvalue weighted by Crippen LogP contribution is -2.29. The van der Waals surface area contributed by atoms with Crippen LogP contribution < -0.4 is 5.73 Å². The second kappa shape index (κ2) is 5.88. The molecule has 1 unspecified atom stereocenters. The van der Waals surface area contributed by atoms with E-state index in [2.05, 4.69) is 0 Å². The molecule has 1 aromatic carbocycles. The molecule has 7 heteroatoms. The third kappa shape index (κ3) is 6.13. The molecular weight excluding hydrogens is 266 g/mol. The fourth-order valence-electron chi connectivity index (χ4n) is 1.40. The Labute approximate surface area is 104 Å². The number of hydrogen-bond acceptors (Lipinski definition) is 4. The zero-order valence-corrected chi connectivity index (χ0v) is 10.4. The largest absolute Gasteiger partial charge is 0.445 e. The normalized spacial score (nSPS) is 13.0. The molecule has 1 atom stereocenters. The van der Waals surface area contributed by atoms with Gasteiger partial charge in [0.2, 0.25) is 9.05 Å². The molecule has 0 aliphatic heterocycles. The van der Waals surface area contributed by atoms with E-state index in [0.717, 1.165) is 5.56 Å². The van der Waals surface area contributed by atoms with Gasteiger partial charge in [0.05, 0.1) is 0 Å². The molecule has 17 heavy (non-hydrogen) atoms. The number of carbonyl (C=O) groups is 1. The molecule has 1 aromatic rings. The molecule has 0 spiro atoms. The van der Waals surface area contributed by atoms with E-state index in [4.69, 9.17) is 21.2 Å². The van der Waals surface area contributed by atoms with E-state index in [0.29, 0.717) is 0 Å². The Morgan fingerprint density at radius 2 is 1.94 bits per heavy atom. The Kier molecular flexibility index (Phi) is 4.77. The van der Waals surface area contributed by atoms with Crippen LogP contribution in [-0.2, 0) is 20.2 Å². The lowest BCUT2D eigenvalue weighted by molar-refractivity contribution is 0.118. The number of rotatable bonds is 5. The number of primary amides is 1. The van der Waals surface area contributed by atoms with Crippen LogP contribution in [0.25, 0.3) is 0 Å². The molecule has 0 fully saturated rings. The first-order valence-corrected chi connectivity index (χ1v) is 7.27. The standard InChI is InChI=1S/C10H12ClNO4S/c11-17(14,15)7-9(16-10(12)13)6-8-4-2-1-3-5-8/h1-5,9H,6-7H2,(H2,12,13). The third-order valence-corrected chi connectivity index (χ3v) is 3.12. The van der Waals surface area contributed by atoms with Gasteiger partial charge in [-0.2, -0.15) is 0 Å². The van der Waals surface area contributed by atoms with Crippen molar-refractivity contribution < 1.29 is 17.9 Å². The lowest BCUT2D eigenvalue weighted by atomic mass is 10.1. The minimum atomic E-state index is -3.75. The number of amides is 1. The van der Waals surface area contributed by atoms with Crippen LogP contribution in [0.2, 0.25) is 0 Å². The van der Waals surface area contributed by atoms with Gasteiger partial charge >= 0.3 is 6.09 Å². The van der Waals surface area contributed by atoms with Crippen molar-refractivity contribution in [2.45, 2.75) is 12.5 Å². The van der Waals surface area contributed by atoms with Crippen molar-refractivity contribution >= 4 is 25.8 Å². The zero-order valence-electron chi connectivity index (χ0n) is 8.87. The first-order valence-electron chi connectivity index (χ1n) is 4.79. The van der Waals surface area contributed by atoms with Gasteiger partial charge in [-0.05, 0) is 5.56 Å². The van der Waals surface area contributed by atoms with E-state index < -0.39 is 27.0 Å². The Hall–Kier alpha value is -1.27. The van der Waals surface area contributed by atoms with Crippen molar-refractivity contribution in [2.75, 3.05) is 5.75 Å². The maximum absolute atomic E-state index is 10.9. The molecule has 0 saturated carbocycles. The van der Waals surface area contributed by atoms with Gasteiger partial charge in [-0.25, -0.2) is 13.2 Å². The average Bonchev–Trinajstić information content (AvgIpc) is 2.15. The highest BCUT2D eigenvalue weighted by Gasteiger charge is 2.20. The Morgan fingerprint density at radius 3 is 2.41 bits per heavy atom. The first-order chi connectivity index (χ1) is 7.87. The molecule has 94 valence electrons. The van der Waals surface area contributed by atoms with Crippen molar-refractivity contribution in [1.29, 1.82) is 0 Å². The van der Waals surface area contributed by atoms with Crippen molar-refractivity contribution in [3.05, 3.63) is 35.9 Å². The summed E-state index contributed by atoms with van der Waals surface area (Å²) in [5.41, 5.74) is 5.70. The summed E-state index contributed by atoms with van der Waals surface area (Å²) < 4.78 is 26.6. The molecule has 0 bridgehead atoms. The van der Waals surface area contributed by atoms with Crippen molar-refractivity contribution in [2.24, 2.45) is 5.73 Å². The number of benzene rings is 1. The zero-order chi connectivity index (χ0) is 12.9. The minimum Gasteiger partial charge on any atom is -0.445 e. The van der Waals surface area contributed by atoms with Crippen molar-refractivity contribution in [1.82, 2.24) is 0 Å². The van der Waals surface area contributed by atoms with Gasteiger partial charge in [0.25, 0.3) is 0 Å². The van der Waals surface area contributed by atoms with E-state index in [-0.39, 0.29) is 6.42 Å². The summed E-state index contributed by atoms with van der Waals surface area (Å²) >= 11 is 0. The van der Waals surface area contributed by atoms with E-state index >= 15 is 0 Å². The molecular formula is C10H12ClNO4S. The van der Waals surface area contributed by atoms with Crippen LogP contribution in [-0.4, -0.2) is 26.4 Å². The van der Waals surface area contributed by atoms with Crippen LogP contribution in [0.15, 0.2) is 30.3 Å². The van der Waals surface area contributed by atoms with Gasteiger partial charge in [-0.1, -0.05) is 30.3 Å². The van der Waals surface area contributed by atoms with Crippen LogP contribution in [0, 0.1) is 0 Å². The highest BCUT2D eigenvalue weighted by molar-refractivity contribution is 8.13. The van der Waals surface area contributed by atoms with Crippen LogP contribution in [0.4, 0.5) is 4.79 Å². The second-order valence-corrected chi connectivity index (χ2v) is 6.28. The topological polar surface area (TPSA) is 86.5 Å². The summed E-state index contributed by atoms with van der Waals surface area (Å²) in [6, 6.07) is 9.00. The molecule has 1 rings (SSSR count). The Bertz CT molecular complexity index is 474. The van der Waals surface area contributed by atoms with Gasteiger partial charge in [0.1, 0.15) is 11.9 Å². The van der Waals surface area contributed by atoms with E-state index in [1.165, 1.54) is 0 Å². The Balaban J connectivity index is 2.74. The van der Waals surface area contributed by atoms with Gasteiger partial charge < -0.3 is 10.5 Å². The fraction of sp³-hybridized carbons (Fsp3) is 0.300. The smallest absolute Gasteiger partial charge is 0.404 e. The summed E-state index contributed by atoms with van der Waals surface area (Å²) in [4.78, 5) is 10.6. The molecule has 0 aliphatic carbocycles. The van der Waals surface area contributed by atoms with Gasteiger partial charge in [0, 0.05) is 17.1 Å². The first kappa shape index (κ1) is 13.8. The summed E-state index contributed by atoms with van der Waals surface area (Å²) in [6.45, 7) is 0. The predicted octanol–water partition coefficient (Wildman–Crippen LogP) is 1.26. The van der Waals surface area contributed by atoms with E-state index in [1.807, 2.05) is 6.07 Å². The monoisotopic (exact) mass is 277 g/mol. The molecule has 1 amide bonds. The maximum atomic E-state index is 10.9. The van der Waals surface area contributed by atoms with Crippen LogP contribution in [0.3, 0.4) is 0 Å². The highest BCUT2D eigenvalue weighted by Crippen LogP contribution is 2.10. The lowest BCUT2D eigenvalue weighted by Gasteiger charge is -2.14. The molecule has 0 heterocycles. The molecule has 0 saturated heterocycles. The molecule has 0 aromatic heterocycles. The number of halogens is 1. The third-order valence-electron chi connectivity index (χ3n) is 1.97. The number of carbonyl (C=O) groups excluding carboxylic acids is 1. The number of ether oxygens (including phenoxy) is 1. The van der Waals surface area contributed by atoms with E-state index in [1.54, 1.807) is 24.3 Å².